The van der Waals surface area contributed by atoms with Crippen molar-refractivity contribution in [2.24, 2.45) is 0 Å². The fourth-order valence-corrected chi connectivity index (χ4v) is 3.26. The zero-order valence-corrected chi connectivity index (χ0v) is 11.9. The van der Waals surface area contributed by atoms with Gasteiger partial charge in [0.15, 0.2) is 0 Å². The fraction of sp³-hybridized carbons (Fsp3) is 0.667. The molecule has 5 nitrogen and oxygen atoms in total. The van der Waals surface area contributed by atoms with E-state index >= 15 is 0 Å². The van der Waals surface area contributed by atoms with Crippen LogP contribution in [0.25, 0.3) is 0 Å². The number of nitrogens with zero attached hydrogens (tertiary/aromatic N) is 4. The van der Waals surface area contributed by atoms with Crippen LogP contribution in [-0.4, -0.2) is 60.2 Å². The van der Waals surface area contributed by atoms with Gasteiger partial charge < -0.3 is 10.2 Å². The van der Waals surface area contributed by atoms with Crippen molar-refractivity contribution in [2.75, 3.05) is 44.2 Å². The second-order valence-electron chi connectivity index (χ2n) is 4.86. The van der Waals surface area contributed by atoms with Crippen LogP contribution >= 0.6 is 15.9 Å². The molecular formula is C12H18BrN5. The van der Waals surface area contributed by atoms with Gasteiger partial charge in [-0.05, 0) is 28.9 Å². The molecule has 3 rings (SSSR count). The molecule has 1 N–H and O–H groups in total. The molecule has 0 aromatic carbocycles. The van der Waals surface area contributed by atoms with Crippen LogP contribution < -0.4 is 10.2 Å². The smallest absolute Gasteiger partial charge is 0.146 e. The van der Waals surface area contributed by atoms with Crippen LogP contribution in [0.3, 0.4) is 0 Å². The number of rotatable bonds is 2. The highest BCUT2D eigenvalue weighted by atomic mass is 79.9. The van der Waals surface area contributed by atoms with Gasteiger partial charge in [0.25, 0.3) is 0 Å². The van der Waals surface area contributed by atoms with E-state index in [2.05, 4.69) is 41.0 Å². The van der Waals surface area contributed by atoms with E-state index in [1.165, 1.54) is 13.0 Å². The SMILES string of the molecule is Brc1cncnc1N1CCN(C2CCNC2)CC1. The van der Waals surface area contributed by atoms with Gasteiger partial charge in [-0.2, -0.15) is 0 Å². The topological polar surface area (TPSA) is 44.3 Å². The number of aromatic nitrogens is 2. The summed E-state index contributed by atoms with van der Waals surface area (Å²) in [7, 11) is 0. The van der Waals surface area contributed by atoms with Crippen molar-refractivity contribution in [2.45, 2.75) is 12.5 Å². The molecule has 1 aromatic heterocycles. The van der Waals surface area contributed by atoms with Gasteiger partial charge in [-0.15, -0.1) is 0 Å². The van der Waals surface area contributed by atoms with Gasteiger partial charge in [0.05, 0.1) is 4.47 Å². The van der Waals surface area contributed by atoms with Gasteiger partial charge in [-0.3, -0.25) is 4.90 Å². The van der Waals surface area contributed by atoms with Crippen molar-refractivity contribution < 1.29 is 0 Å². The monoisotopic (exact) mass is 311 g/mol. The third-order valence-electron chi connectivity index (χ3n) is 3.81. The molecule has 98 valence electrons. The number of hydrogen-bond acceptors (Lipinski definition) is 5. The molecule has 3 heterocycles. The lowest BCUT2D eigenvalue weighted by Gasteiger charge is -2.38. The highest BCUT2D eigenvalue weighted by molar-refractivity contribution is 9.10. The van der Waals surface area contributed by atoms with Gasteiger partial charge in [0.1, 0.15) is 12.1 Å². The molecule has 0 bridgehead atoms. The summed E-state index contributed by atoms with van der Waals surface area (Å²) in [6.07, 6.45) is 4.72. The van der Waals surface area contributed by atoms with E-state index in [4.69, 9.17) is 0 Å². The summed E-state index contributed by atoms with van der Waals surface area (Å²) in [6, 6.07) is 0.737. The largest absolute Gasteiger partial charge is 0.353 e. The predicted octanol–water partition coefficient (Wildman–Crippen LogP) is 0.723. The molecule has 0 spiro atoms. The summed E-state index contributed by atoms with van der Waals surface area (Å²) < 4.78 is 0.987. The summed E-state index contributed by atoms with van der Waals surface area (Å²) in [5.74, 6) is 1.02. The van der Waals surface area contributed by atoms with Crippen molar-refractivity contribution in [1.82, 2.24) is 20.2 Å². The molecule has 0 radical (unpaired) electrons. The van der Waals surface area contributed by atoms with Crippen LogP contribution in [0.2, 0.25) is 0 Å². The number of halogens is 1. The lowest BCUT2D eigenvalue weighted by molar-refractivity contribution is 0.196. The summed E-state index contributed by atoms with van der Waals surface area (Å²) in [6.45, 7) is 6.67. The number of anilines is 1. The van der Waals surface area contributed by atoms with E-state index in [1.807, 2.05) is 6.20 Å². The first-order valence-corrected chi connectivity index (χ1v) is 7.29. The molecule has 18 heavy (non-hydrogen) atoms. The predicted molar refractivity (Wildman–Crippen MR) is 74.8 cm³/mol. The quantitative estimate of drug-likeness (QED) is 0.872. The fourth-order valence-electron chi connectivity index (χ4n) is 2.79. The number of hydrogen-bond donors (Lipinski definition) is 1. The molecule has 2 aliphatic heterocycles. The molecular weight excluding hydrogens is 294 g/mol. The molecule has 1 unspecified atom stereocenters. The van der Waals surface area contributed by atoms with E-state index in [0.717, 1.165) is 49.1 Å². The number of nitrogens with one attached hydrogen (secondary N) is 1. The number of piperazine rings is 1. The highest BCUT2D eigenvalue weighted by Gasteiger charge is 2.26. The Hall–Kier alpha value is -0.720. The molecule has 0 saturated carbocycles. The molecule has 6 heteroatoms. The summed E-state index contributed by atoms with van der Waals surface area (Å²) >= 11 is 3.52. The van der Waals surface area contributed by atoms with Gasteiger partial charge in [-0.25, -0.2) is 9.97 Å². The average Bonchev–Trinajstić information content (AvgIpc) is 2.94. The van der Waals surface area contributed by atoms with Gasteiger partial charge in [0.2, 0.25) is 0 Å². The third kappa shape index (κ3) is 2.50. The zero-order chi connectivity index (χ0) is 12.4. The third-order valence-corrected chi connectivity index (χ3v) is 4.37. The second kappa shape index (κ2) is 5.50. The highest BCUT2D eigenvalue weighted by Crippen LogP contribution is 2.23. The first kappa shape index (κ1) is 12.3. The first-order chi connectivity index (χ1) is 8.84. The van der Waals surface area contributed by atoms with Crippen LogP contribution in [0.15, 0.2) is 17.0 Å². The van der Waals surface area contributed by atoms with Crippen LogP contribution in [0.1, 0.15) is 6.42 Å². The summed E-state index contributed by atoms with van der Waals surface area (Å²) in [5, 5.41) is 3.44. The van der Waals surface area contributed by atoms with E-state index in [-0.39, 0.29) is 0 Å². The Morgan fingerprint density at radius 2 is 2.11 bits per heavy atom. The molecule has 0 amide bonds. The minimum atomic E-state index is 0.737. The Morgan fingerprint density at radius 1 is 1.28 bits per heavy atom. The van der Waals surface area contributed by atoms with Crippen molar-refractivity contribution in [3.63, 3.8) is 0 Å². The van der Waals surface area contributed by atoms with Crippen molar-refractivity contribution in [3.8, 4) is 0 Å². The lowest BCUT2D eigenvalue weighted by atomic mass is 10.2. The van der Waals surface area contributed by atoms with Crippen LogP contribution in [-0.2, 0) is 0 Å². The van der Waals surface area contributed by atoms with Crippen LogP contribution in [0, 0.1) is 0 Å². The lowest BCUT2D eigenvalue weighted by Crippen LogP contribution is -2.51. The molecule has 1 atom stereocenters. The maximum absolute atomic E-state index is 4.36. The second-order valence-corrected chi connectivity index (χ2v) is 5.72. The van der Waals surface area contributed by atoms with Crippen molar-refractivity contribution in [3.05, 3.63) is 17.0 Å². The Labute approximate surface area is 116 Å². The Kier molecular flexibility index (Phi) is 3.77. The van der Waals surface area contributed by atoms with E-state index in [1.54, 1.807) is 6.33 Å². The Balaban J connectivity index is 1.61. The van der Waals surface area contributed by atoms with E-state index in [0.29, 0.717) is 0 Å². The van der Waals surface area contributed by atoms with Crippen LogP contribution in [0.5, 0.6) is 0 Å². The maximum atomic E-state index is 4.36. The van der Waals surface area contributed by atoms with E-state index in [9.17, 15) is 0 Å². The molecule has 2 aliphatic rings. The molecule has 0 aliphatic carbocycles. The normalized spacial score (nSPS) is 25.6. The standard InChI is InChI=1S/C12H18BrN5/c13-11-8-15-9-16-12(11)18-5-3-17(4-6-18)10-1-2-14-7-10/h8-10,14H,1-7H2. The molecule has 2 saturated heterocycles. The minimum absolute atomic E-state index is 0.737. The summed E-state index contributed by atoms with van der Waals surface area (Å²) in [4.78, 5) is 13.3. The molecule has 1 aromatic rings. The van der Waals surface area contributed by atoms with Crippen LogP contribution in [0.4, 0.5) is 5.82 Å². The Bertz CT molecular complexity index is 399. The Morgan fingerprint density at radius 3 is 2.78 bits per heavy atom. The van der Waals surface area contributed by atoms with Gasteiger partial charge in [0, 0.05) is 45.0 Å². The van der Waals surface area contributed by atoms with Gasteiger partial charge >= 0.3 is 0 Å². The van der Waals surface area contributed by atoms with Crippen molar-refractivity contribution >= 4 is 21.7 Å². The molecule has 2 fully saturated rings. The van der Waals surface area contributed by atoms with E-state index < -0.39 is 0 Å². The van der Waals surface area contributed by atoms with Gasteiger partial charge in [-0.1, -0.05) is 0 Å². The maximum Gasteiger partial charge on any atom is 0.146 e. The average molecular weight is 312 g/mol. The summed E-state index contributed by atoms with van der Waals surface area (Å²) in [5.41, 5.74) is 0. The minimum Gasteiger partial charge on any atom is -0.353 e. The zero-order valence-electron chi connectivity index (χ0n) is 10.3. The van der Waals surface area contributed by atoms with Crippen molar-refractivity contribution in [1.29, 1.82) is 0 Å². The first-order valence-electron chi connectivity index (χ1n) is 6.50.